The van der Waals surface area contributed by atoms with E-state index < -0.39 is 6.35 Å². The van der Waals surface area contributed by atoms with Crippen molar-refractivity contribution in [2.24, 2.45) is 0 Å². The highest BCUT2D eigenvalue weighted by atomic mass is 16.5. The van der Waals surface area contributed by atoms with Gasteiger partial charge in [0.25, 0.3) is 0 Å². The van der Waals surface area contributed by atoms with Crippen LogP contribution >= 0.6 is 0 Å². The fourth-order valence-corrected chi connectivity index (χ4v) is 1.12. The number of fused-ring (bicyclic) bond motifs is 1. The fourth-order valence-electron chi connectivity index (χ4n) is 1.12. The smallest absolute Gasteiger partial charge is 0.195 e. The van der Waals surface area contributed by atoms with Crippen LogP contribution in [0.3, 0.4) is 0 Å². The molecule has 0 saturated carbocycles. The number of aliphatic hydroxyl groups excluding tert-OH is 1. The minimum atomic E-state index is -1.13. The van der Waals surface area contributed by atoms with Gasteiger partial charge < -0.3 is 20.7 Å². The standard InChI is InChI=1S/C7H7N2O2/c10-7-8-5-3-1-2-4-6(5)9(7)11/h1-4,7-8,10H/q-1. The van der Waals surface area contributed by atoms with Crippen molar-refractivity contribution in [2.75, 3.05) is 10.4 Å². The summed E-state index contributed by atoms with van der Waals surface area (Å²) in [6, 6.07) is 6.96. The summed E-state index contributed by atoms with van der Waals surface area (Å²) in [6.07, 6.45) is -1.13. The molecule has 0 spiro atoms. The zero-order valence-electron chi connectivity index (χ0n) is 5.69. The molecule has 1 aromatic rings. The first-order chi connectivity index (χ1) is 5.29. The molecule has 2 N–H and O–H groups in total. The lowest BCUT2D eigenvalue weighted by molar-refractivity contribution is 0.215. The zero-order valence-corrected chi connectivity index (χ0v) is 5.69. The average molecular weight is 151 g/mol. The first-order valence-electron chi connectivity index (χ1n) is 3.29. The third-order valence-corrected chi connectivity index (χ3v) is 1.65. The average Bonchev–Trinajstić information content (AvgIpc) is 2.30. The second-order valence-electron chi connectivity index (χ2n) is 2.36. The summed E-state index contributed by atoms with van der Waals surface area (Å²) in [5.41, 5.74) is 1.16. The lowest BCUT2D eigenvalue weighted by Gasteiger charge is -2.27. The van der Waals surface area contributed by atoms with Gasteiger partial charge in [0.15, 0.2) is 6.35 Å². The molecule has 0 fully saturated rings. The third-order valence-electron chi connectivity index (χ3n) is 1.65. The summed E-state index contributed by atoms with van der Waals surface area (Å²) in [6.45, 7) is 0. The highest BCUT2D eigenvalue weighted by Gasteiger charge is 2.18. The zero-order chi connectivity index (χ0) is 7.84. The molecule has 1 atom stereocenters. The van der Waals surface area contributed by atoms with Gasteiger partial charge in [-0.2, -0.15) is 0 Å². The molecular weight excluding hydrogens is 144 g/mol. The molecule has 1 aliphatic heterocycles. The van der Waals surface area contributed by atoms with Crippen LogP contribution in [0, 0.1) is 5.21 Å². The van der Waals surface area contributed by atoms with Gasteiger partial charge in [-0.3, -0.25) is 0 Å². The summed E-state index contributed by atoms with van der Waals surface area (Å²) < 4.78 is 0. The van der Waals surface area contributed by atoms with E-state index in [0.717, 1.165) is 0 Å². The van der Waals surface area contributed by atoms with Gasteiger partial charge in [0.2, 0.25) is 0 Å². The van der Waals surface area contributed by atoms with Crippen molar-refractivity contribution in [1.82, 2.24) is 0 Å². The molecule has 1 aliphatic rings. The summed E-state index contributed by atoms with van der Waals surface area (Å²) in [5, 5.41) is 23.2. The Balaban J connectivity index is 2.47. The number of nitrogens with zero attached hydrogens (tertiary/aromatic N) is 1. The maximum atomic E-state index is 11.0. The molecule has 0 aliphatic carbocycles. The predicted octanol–water partition coefficient (Wildman–Crippen LogP) is 0.692. The second-order valence-corrected chi connectivity index (χ2v) is 2.36. The molecule has 58 valence electrons. The summed E-state index contributed by atoms with van der Waals surface area (Å²) >= 11 is 0. The second kappa shape index (κ2) is 2.11. The van der Waals surface area contributed by atoms with Crippen molar-refractivity contribution in [3.05, 3.63) is 29.5 Å². The number of aliphatic hydroxyl groups is 1. The Bertz CT molecular complexity index is 277. The van der Waals surface area contributed by atoms with Crippen LogP contribution in [-0.4, -0.2) is 11.5 Å². The maximum Gasteiger partial charge on any atom is 0.195 e. The Morgan fingerprint density at radius 1 is 1.45 bits per heavy atom. The lowest BCUT2D eigenvalue weighted by Crippen LogP contribution is -2.29. The molecule has 1 aromatic carbocycles. The van der Waals surface area contributed by atoms with Crippen molar-refractivity contribution in [1.29, 1.82) is 0 Å². The van der Waals surface area contributed by atoms with Crippen LogP contribution in [0.25, 0.3) is 0 Å². The van der Waals surface area contributed by atoms with Crippen molar-refractivity contribution in [3.8, 4) is 0 Å². The van der Waals surface area contributed by atoms with E-state index >= 15 is 0 Å². The van der Waals surface area contributed by atoms with Crippen molar-refractivity contribution < 1.29 is 5.11 Å². The van der Waals surface area contributed by atoms with E-state index in [-0.39, 0.29) is 0 Å². The highest BCUT2D eigenvalue weighted by molar-refractivity contribution is 5.75. The lowest BCUT2D eigenvalue weighted by atomic mass is 10.3. The van der Waals surface area contributed by atoms with Crippen LogP contribution in [0.1, 0.15) is 0 Å². The first kappa shape index (κ1) is 6.45. The molecule has 0 radical (unpaired) electrons. The Morgan fingerprint density at radius 3 is 2.91 bits per heavy atom. The van der Waals surface area contributed by atoms with Gasteiger partial charge in [-0.1, -0.05) is 12.1 Å². The Hall–Kier alpha value is -1.26. The van der Waals surface area contributed by atoms with Crippen LogP contribution in [0.15, 0.2) is 24.3 Å². The molecule has 1 unspecified atom stereocenters. The quantitative estimate of drug-likeness (QED) is 0.572. The topological polar surface area (TPSA) is 58.6 Å². The van der Waals surface area contributed by atoms with Gasteiger partial charge in [0, 0.05) is 0 Å². The van der Waals surface area contributed by atoms with E-state index in [1.807, 2.05) is 0 Å². The molecule has 1 heterocycles. The highest BCUT2D eigenvalue weighted by Crippen LogP contribution is 2.31. The van der Waals surface area contributed by atoms with Crippen molar-refractivity contribution >= 4 is 11.4 Å². The molecular formula is C7H7N2O2-. The van der Waals surface area contributed by atoms with Crippen molar-refractivity contribution in [2.45, 2.75) is 6.35 Å². The minimum absolute atomic E-state index is 0.486. The van der Waals surface area contributed by atoms with E-state index in [0.29, 0.717) is 16.4 Å². The number of hydroxylamine groups is 1. The van der Waals surface area contributed by atoms with Crippen molar-refractivity contribution in [3.63, 3.8) is 0 Å². The van der Waals surface area contributed by atoms with Gasteiger partial charge in [0.1, 0.15) is 0 Å². The summed E-state index contributed by atoms with van der Waals surface area (Å²) in [4.78, 5) is 0. The minimum Gasteiger partial charge on any atom is -0.755 e. The Labute approximate surface area is 63.6 Å². The number of para-hydroxylation sites is 2. The number of hydrogen-bond acceptors (Lipinski definition) is 4. The van der Waals surface area contributed by atoms with E-state index in [2.05, 4.69) is 5.32 Å². The molecule has 0 bridgehead atoms. The van der Waals surface area contributed by atoms with Gasteiger partial charge in [-0.15, -0.1) is 0 Å². The summed E-state index contributed by atoms with van der Waals surface area (Å²) in [5.74, 6) is 0. The van der Waals surface area contributed by atoms with Gasteiger partial charge in [0.05, 0.1) is 11.4 Å². The molecule has 2 rings (SSSR count). The number of hydrogen-bond donors (Lipinski definition) is 2. The molecule has 4 heteroatoms. The van der Waals surface area contributed by atoms with Crippen LogP contribution in [0.4, 0.5) is 11.4 Å². The molecule has 0 aromatic heterocycles. The van der Waals surface area contributed by atoms with E-state index in [4.69, 9.17) is 5.11 Å². The van der Waals surface area contributed by atoms with Gasteiger partial charge in [-0.25, -0.2) is 0 Å². The monoisotopic (exact) mass is 151 g/mol. The maximum absolute atomic E-state index is 11.0. The van der Waals surface area contributed by atoms with E-state index in [1.165, 1.54) is 0 Å². The van der Waals surface area contributed by atoms with Gasteiger partial charge in [-0.05, 0) is 12.1 Å². The largest absolute Gasteiger partial charge is 0.755 e. The fraction of sp³-hybridized carbons (Fsp3) is 0.143. The molecule has 0 saturated heterocycles. The van der Waals surface area contributed by atoms with Crippen LogP contribution in [0.5, 0.6) is 0 Å². The Morgan fingerprint density at radius 2 is 2.18 bits per heavy atom. The molecule has 0 amide bonds. The third kappa shape index (κ3) is 0.840. The molecule has 4 nitrogen and oxygen atoms in total. The van der Waals surface area contributed by atoms with Crippen LogP contribution in [-0.2, 0) is 0 Å². The Kier molecular flexibility index (Phi) is 1.24. The normalized spacial score (nSPS) is 21.3. The summed E-state index contributed by atoms with van der Waals surface area (Å²) in [7, 11) is 0. The van der Waals surface area contributed by atoms with E-state index in [9.17, 15) is 5.21 Å². The van der Waals surface area contributed by atoms with Crippen LogP contribution in [0.2, 0.25) is 0 Å². The van der Waals surface area contributed by atoms with E-state index in [1.54, 1.807) is 24.3 Å². The van der Waals surface area contributed by atoms with Gasteiger partial charge >= 0.3 is 0 Å². The number of nitrogens with one attached hydrogen (secondary N) is 1. The molecule has 11 heavy (non-hydrogen) atoms. The predicted molar refractivity (Wildman–Crippen MR) is 41.9 cm³/mol. The number of benzene rings is 1. The SMILES string of the molecule is [O-]N1c2ccccc2NC1O. The van der Waals surface area contributed by atoms with Crippen LogP contribution < -0.4 is 10.4 Å². The number of anilines is 2. The number of rotatable bonds is 0. The first-order valence-corrected chi connectivity index (χ1v) is 3.29.